The van der Waals surface area contributed by atoms with Gasteiger partial charge in [-0.15, -0.1) is 0 Å². The first-order valence-corrected chi connectivity index (χ1v) is 5.19. The quantitative estimate of drug-likeness (QED) is 0.780. The molecule has 78 valence electrons. The molecule has 1 aromatic rings. The van der Waals surface area contributed by atoms with Crippen LogP contribution in [0.3, 0.4) is 0 Å². The average Bonchev–Trinajstić information content (AvgIpc) is 2.19. The highest BCUT2D eigenvalue weighted by molar-refractivity contribution is 5.27. The van der Waals surface area contributed by atoms with Crippen LogP contribution in [0.25, 0.3) is 0 Å². The summed E-state index contributed by atoms with van der Waals surface area (Å²) in [5.74, 6) is 0. The monoisotopic (exact) mass is 192 g/mol. The van der Waals surface area contributed by atoms with Gasteiger partial charge in [0.25, 0.3) is 0 Å². The predicted molar refractivity (Wildman–Crippen MR) is 60.4 cm³/mol. The Morgan fingerprint density at radius 3 is 2.00 bits per heavy atom. The van der Waals surface area contributed by atoms with Gasteiger partial charge in [0, 0.05) is 5.41 Å². The number of hydrogen-bond acceptors (Lipinski definition) is 1. The molecule has 14 heavy (non-hydrogen) atoms. The van der Waals surface area contributed by atoms with Crippen LogP contribution < -0.4 is 0 Å². The third-order valence-electron chi connectivity index (χ3n) is 3.53. The molecule has 0 saturated heterocycles. The third kappa shape index (κ3) is 1.83. The molecule has 0 radical (unpaired) electrons. The average molecular weight is 192 g/mol. The lowest BCUT2D eigenvalue weighted by Gasteiger charge is -2.40. The summed E-state index contributed by atoms with van der Waals surface area (Å²) < 4.78 is 0. The Kier molecular flexibility index (Phi) is 3.01. The van der Waals surface area contributed by atoms with Crippen molar-refractivity contribution in [3.63, 3.8) is 0 Å². The molecule has 0 amide bonds. The maximum atomic E-state index is 10.3. The van der Waals surface area contributed by atoms with E-state index < -0.39 is 5.60 Å². The summed E-state index contributed by atoms with van der Waals surface area (Å²) in [5.41, 5.74) is 0.323. The topological polar surface area (TPSA) is 20.2 Å². The van der Waals surface area contributed by atoms with Gasteiger partial charge in [0.05, 0.1) is 5.60 Å². The maximum absolute atomic E-state index is 10.3. The van der Waals surface area contributed by atoms with E-state index in [1.807, 2.05) is 32.0 Å². The van der Waals surface area contributed by atoms with E-state index in [2.05, 4.69) is 26.0 Å². The van der Waals surface area contributed by atoms with Crippen molar-refractivity contribution >= 4 is 0 Å². The zero-order valence-corrected chi connectivity index (χ0v) is 9.54. The van der Waals surface area contributed by atoms with E-state index >= 15 is 0 Å². The van der Waals surface area contributed by atoms with E-state index in [4.69, 9.17) is 0 Å². The number of benzene rings is 1. The Bertz CT molecular complexity index is 285. The molecule has 0 aromatic heterocycles. The first kappa shape index (κ1) is 11.3. The molecule has 0 heterocycles. The van der Waals surface area contributed by atoms with E-state index in [0.29, 0.717) is 0 Å². The van der Waals surface area contributed by atoms with E-state index in [1.54, 1.807) is 0 Å². The number of aliphatic hydroxyl groups is 1. The lowest BCUT2D eigenvalue weighted by molar-refractivity contribution is -0.0119. The summed E-state index contributed by atoms with van der Waals surface area (Å²) in [5, 5.41) is 10.3. The van der Waals surface area contributed by atoms with Gasteiger partial charge in [-0.25, -0.2) is 0 Å². The minimum Gasteiger partial charge on any atom is -0.389 e. The zero-order chi connectivity index (χ0) is 10.8. The van der Waals surface area contributed by atoms with Crippen molar-refractivity contribution in [1.29, 1.82) is 0 Å². The van der Waals surface area contributed by atoms with Crippen LogP contribution in [0.1, 0.15) is 39.7 Å². The third-order valence-corrected chi connectivity index (χ3v) is 3.53. The van der Waals surface area contributed by atoms with Gasteiger partial charge in [-0.2, -0.15) is 0 Å². The van der Waals surface area contributed by atoms with E-state index in [-0.39, 0.29) is 5.41 Å². The van der Waals surface area contributed by atoms with Crippen LogP contribution >= 0.6 is 0 Å². The molecule has 1 N–H and O–H groups in total. The number of hydrogen-bond donors (Lipinski definition) is 1. The highest BCUT2D eigenvalue weighted by Gasteiger charge is 2.38. The summed E-state index contributed by atoms with van der Waals surface area (Å²) >= 11 is 0. The second-order valence-corrected chi connectivity index (χ2v) is 4.62. The van der Waals surface area contributed by atoms with Gasteiger partial charge in [0.1, 0.15) is 0 Å². The molecule has 1 atom stereocenters. The lowest BCUT2D eigenvalue weighted by atomic mass is 9.70. The number of rotatable bonds is 3. The normalized spacial score (nSPS) is 16.4. The van der Waals surface area contributed by atoms with E-state index in [9.17, 15) is 5.11 Å². The molecule has 1 nitrogen and oxygen atoms in total. The molecule has 1 aromatic carbocycles. The molecule has 0 aliphatic carbocycles. The molecule has 0 bridgehead atoms. The molecule has 0 aliphatic heterocycles. The van der Waals surface area contributed by atoms with Crippen LogP contribution in [-0.4, -0.2) is 10.7 Å². The molecular formula is C13H20O. The molecule has 0 spiro atoms. The van der Waals surface area contributed by atoms with Gasteiger partial charge in [0.2, 0.25) is 0 Å². The Balaban J connectivity index is 3.08. The summed E-state index contributed by atoms with van der Waals surface area (Å²) in [6, 6.07) is 10.2. The molecule has 0 fully saturated rings. The van der Waals surface area contributed by atoms with Crippen molar-refractivity contribution < 1.29 is 5.11 Å². The Morgan fingerprint density at radius 1 is 1.07 bits per heavy atom. The molecule has 0 saturated carbocycles. The summed E-state index contributed by atoms with van der Waals surface area (Å²) in [7, 11) is 0. The molecule has 1 unspecified atom stereocenters. The lowest BCUT2D eigenvalue weighted by Crippen LogP contribution is -2.44. The summed E-state index contributed by atoms with van der Waals surface area (Å²) in [6.45, 7) is 8.10. The summed E-state index contributed by atoms with van der Waals surface area (Å²) in [6.07, 6.45) is 0.759. The van der Waals surface area contributed by atoms with Crippen LogP contribution in [0, 0.1) is 0 Å². The van der Waals surface area contributed by atoms with Gasteiger partial charge in [0.15, 0.2) is 0 Å². The maximum Gasteiger partial charge on any atom is 0.0708 e. The van der Waals surface area contributed by atoms with Crippen LogP contribution in [0.5, 0.6) is 0 Å². The first-order chi connectivity index (χ1) is 6.42. The van der Waals surface area contributed by atoms with Crippen molar-refractivity contribution in [3.8, 4) is 0 Å². The highest BCUT2D eigenvalue weighted by Crippen LogP contribution is 2.36. The molecule has 1 heteroatoms. The van der Waals surface area contributed by atoms with Crippen molar-refractivity contribution in [2.24, 2.45) is 0 Å². The highest BCUT2D eigenvalue weighted by atomic mass is 16.3. The van der Waals surface area contributed by atoms with Crippen molar-refractivity contribution in [2.75, 3.05) is 0 Å². The minimum atomic E-state index is -0.658. The summed E-state index contributed by atoms with van der Waals surface area (Å²) in [4.78, 5) is 0. The second-order valence-electron chi connectivity index (χ2n) is 4.62. The molecule has 0 aliphatic rings. The fourth-order valence-electron chi connectivity index (χ4n) is 1.61. The predicted octanol–water partition coefficient (Wildman–Crippen LogP) is 3.13. The fraction of sp³-hybridized carbons (Fsp3) is 0.538. The Labute approximate surface area is 86.8 Å². The fourth-order valence-corrected chi connectivity index (χ4v) is 1.61. The standard InChI is InChI=1S/C13H20O/c1-5-13(4,14)12(2,3)11-9-7-6-8-10-11/h6-10,14H,5H2,1-4H3. The van der Waals surface area contributed by atoms with E-state index in [0.717, 1.165) is 6.42 Å². The van der Waals surface area contributed by atoms with Gasteiger partial charge in [-0.1, -0.05) is 51.1 Å². The molecule has 1 rings (SSSR count). The molecular weight excluding hydrogens is 172 g/mol. The van der Waals surface area contributed by atoms with Crippen molar-refractivity contribution in [2.45, 2.75) is 45.1 Å². The van der Waals surface area contributed by atoms with Gasteiger partial charge < -0.3 is 5.11 Å². The second kappa shape index (κ2) is 3.74. The van der Waals surface area contributed by atoms with Gasteiger partial charge in [-0.05, 0) is 18.9 Å². The smallest absolute Gasteiger partial charge is 0.0708 e. The van der Waals surface area contributed by atoms with Crippen LogP contribution in [-0.2, 0) is 5.41 Å². The SMILES string of the molecule is CCC(C)(O)C(C)(C)c1ccccc1. The Hall–Kier alpha value is -0.820. The van der Waals surface area contributed by atoms with E-state index in [1.165, 1.54) is 5.56 Å². The van der Waals surface area contributed by atoms with Crippen molar-refractivity contribution in [1.82, 2.24) is 0 Å². The van der Waals surface area contributed by atoms with Crippen LogP contribution in [0.2, 0.25) is 0 Å². The van der Waals surface area contributed by atoms with Crippen LogP contribution in [0.4, 0.5) is 0 Å². The van der Waals surface area contributed by atoms with Gasteiger partial charge in [-0.3, -0.25) is 0 Å². The Morgan fingerprint density at radius 2 is 1.57 bits per heavy atom. The van der Waals surface area contributed by atoms with Crippen LogP contribution in [0.15, 0.2) is 30.3 Å². The minimum absolute atomic E-state index is 0.205. The zero-order valence-electron chi connectivity index (χ0n) is 9.54. The van der Waals surface area contributed by atoms with Crippen molar-refractivity contribution in [3.05, 3.63) is 35.9 Å². The first-order valence-electron chi connectivity index (χ1n) is 5.19. The van der Waals surface area contributed by atoms with Gasteiger partial charge >= 0.3 is 0 Å². The largest absolute Gasteiger partial charge is 0.389 e.